The van der Waals surface area contributed by atoms with Crippen LogP contribution in [0.1, 0.15) is 16.7 Å². The highest BCUT2D eigenvalue weighted by atomic mass is 19.3. The Kier molecular flexibility index (Phi) is 6.70. The topological polar surface area (TPSA) is 76.7 Å². The van der Waals surface area contributed by atoms with E-state index in [0.717, 1.165) is 22.8 Å². The Labute approximate surface area is 155 Å². The van der Waals surface area contributed by atoms with E-state index >= 15 is 0 Å². The number of nitrogens with one attached hydrogen (secondary N) is 2. The summed E-state index contributed by atoms with van der Waals surface area (Å²) in [6, 6.07) is 9.67. The summed E-state index contributed by atoms with van der Waals surface area (Å²) < 4.78 is 34.1. The van der Waals surface area contributed by atoms with Crippen LogP contribution in [0.4, 0.5) is 14.5 Å². The molecule has 6 nitrogen and oxygen atoms in total. The molecule has 144 valence electrons. The fourth-order valence-corrected chi connectivity index (χ4v) is 2.43. The first-order valence-corrected chi connectivity index (χ1v) is 8.08. The number of anilines is 1. The Balaban J connectivity index is 2.00. The van der Waals surface area contributed by atoms with Gasteiger partial charge in [-0.3, -0.25) is 9.59 Å². The monoisotopic (exact) mass is 378 g/mol. The van der Waals surface area contributed by atoms with Crippen LogP contribution in [0.2, 0.25) is 0 Å². The predicted molar refractivity (Wildman–Crippen MR) is 96.0 cm³/mol. The molecule has 0 aliphatic rings. The molecule has 2 aromatic carbocycles. The van der Waals surface area contributed by atoms with E-state index in [4.69, 9.17) is 4.74 Å². The third-order valence-electron chi connectivity index (χ3n) is 3.78. The van der Waals surface area contributed by atoms with Crippen molar-refractivity contribution in [3.63, 3.8) is 0 Å². The molecule has 0 aliphatic heterocycles. The lowest BCUT2D eigenvalue weighted by molar-refractivity contribution is -0.136. The van der Waals surface area contributed by atoms with E-state index in [0.29, 0.717) is 0 Å². The zero-order chi connectivity index (χ0) is 20.0. The summed E-state index contributed by atoms with van der Waals surface area (Å²) in [7, 11) is 1.30. The molecule has 2 N–H and O–H groups in total. The normalized spacial score (nSPS) is 10.4. The largest absolute Gasteiger partial charge is 0.493 e. The second-order valence-electron chi connectivity index (χ2n) is 5.81. The molecule has 0 unspecified atom stereocenters. The molecule has 0 aromatic heterocycles. The van der Waals surface area contributed by atoms with E-state index < -0.39 is 18.4 Å². The molecular formula is C19H20F2N2O4. The van der Waals surface area contributed by atoms with Crippen LogP contribution in [0.15, 0.2) is 36.4 Å². The van der Waals surface area contributed by atoms with Gasteiger partial charge in [0.2, 0.25) is 0 Å². The lowest BCUT2D eigenvalue weighted by atomic mass is 10.1. The number of methoxy groups -OCH3 is 1. The first-order valence-electron chi connectivity index (χ1n) is 8.08. The van der Waals surface area contributed by atoms with Crippen LogP contribution in [0.5, 0.6) is 11.5 Å². The molecule has 0 bridgehead atoms. The minimum atomic E-state index is -3.05. The van der Waals surface area contributed by atoms with Gasteiger partial charge in [0.15, 0.2) is 11.5 Å². The molecule has 0 aliphatic carbocycles. The van der Waals surface area contributed by atoms with Crippen molar-refractivity contribution in [3.05, 3.63) is 53.1 Å². The van der Waals surface area contributed by atoms with E-state index in [2.05, 4.69) is 15.4 Å². The third kappa shape index (κ3) is 5.67. The molecule has 0 spiro atoms. The Hall–Kier alpha value is -3.16. The summed E-state index contributed by atoms with van der Waals surface area (Å²) in [6.07, 6.45) is 0. The number of alkyl halides is 2. The van der Waals surface area contributed by atoms with Crippen LogP contribution in [-0.4, -0.2) is 25.5 Å². The van der Waals surface area contributed by atoms with E-state index in [1.165, 1.54) is 19.2 Å². The van der Waals surface area contributed by atoms with E-state index in [9.17, 15) is 18.4 Å². The van der Waals surface area contributed by atoms with Crippen LogP contribution in [0, 0.1) is 13.8 Å². The standard InChI is InChI=1S/C19H20F2N2O4/c1-11-4-5-13(12(2)8-11)10-22-17(24)18(25)23-14-6-7-15(26-3)16(9-14)27-19(20)21/h4-9,19H,10H2,1-3H3,(H,22,24)(H,23,25). The number of aryl methyl sites for hydroxylation is 2. The molecule has 0 heterocycles. The van der Waals surface area contributed by atoms with Gasteiger partial charge in [-0.15, -0.1) is 0 Å². The quantitative estimate of drug-likeness (QED) is 0.757. The first-order chi connectivity index (χ1) is 12.8. The average Bonchev–Trinajstić information content (AvgIpc) is 2.60. The van der Waals surface area contributed by atoms with Gasteiger partial charge in [-0.1, -0.05) is 23.8 Å². The SMILES string of the molecule is COc1ccc(NC(=O)C(=O)NCc2ccc(C)cc2C)cc1OC(F)F. The van der Waals surface area contributed by atoms with Crippen molar-refractivity contribution in [2.75, 3.05) is 12.4 Å². The van der Waals surface area contributed by atoms with Crippen molar-refractivity contribution in [2.24, 2.45) is 0 Å². The lowest BCUT2D eigenvalue weighted by Gasteiger charge is -2.12. The zero-order valence-corrected chi connectivity index (χ0v) is 15.1. The van der Waals surface area contributed by atoms with Crippen LogP contribution in [0.3, 0.4) is 0 Å². The molecule has 2 amide bonds. The summed E-state index contributed by atoms with van der Waals surface area (Å²) in [4.78, 5) is 24.0. The molecule has 2 rings (SSSR count). The fraction of sp³-hybridized carbons (Fsp3) is 0.263. The second kappa shape index (κ2) is 8.98. The molecule has 2 aromatic rings. The summed E-state index contributed by atoms with van der Waals surface area (Å²) in [6.45, 7) is 1.02. The number of amides is 2. The predicted octanol–water partition coefficient (Wildman–Crippen LogP) is 3.17. The summed E-state index contributed by atoms with van der Waals surface area (Å²) >= 11 is 0. The maximum absolute atomic E-state index is 12.4. The number of ether oxygens (including phenoxy) is 2. The van der Waals surface area contributed by atoms with Gasteiger partial charge in [-0.2, -0.15) is 8.78 Å². The third-order valence-corrected chi connectivity index (χ3v) is 3.78. The Morgan fingerprint density at radius 3 is 2.41 bits per heavy atom. The van der Waals surface area contributed by atoms with Gasteiger partial charge >= 0.3 is 18.4 Å². The van der Waals surface area contributed by atoms with Gasteiger partial charge in [0.1, 0.15) is 0 Å². The van der Waals surface area contributed by atoms with E-state index in [1.807, 2.05) is 32.0 Å². The lowest BCUT2D eigenvalue weighted by Crippen LogP contribution is -2.35. The van der Waals surface area contributed by atoms with Crippen LogP contribution in [-0.2, 0) is 16.1 Å². The van der Waals surface area contributed by atoms with Crippen molar-refractivity contribution in [1.29, 1.82) is 0 Å². The highest BCUT2D eigenvalue weighted by Gasteiger charge is 2.16. The molecule has 27 heavy (non-hydrogen) atoms. The van der Waals surface area contributed by atoms with Gasteiger partial charge in [-0.25, -0.2) is 0 Å². The summed E-state index contributed by atoms with van der Waals surface area (Å²) in [5, 5.41) is 4.86. The maximum atomic E-state index is 12.4. The zero-order valence-electron chi connectivity index (χ0n) is 15.1. The van der Waals surface area contributed by atoms with Crippen molar-refractivity contribution in [1.82, 2.24) is 5.32 Å². The number of hydrogen-bond donors (Lipinski definition) is 2. The van der Waals surface area contributed by atoms with E-state index in [-0.39, 0.29) is 23.7 Å². The highest BCUT2D eigenvalue weighted by Crippen LogP contribution is 2.31. The van der Waals surface area contributed by atoms with Crippen molar-refractivity contribution in [2.45, 2.75) is 27.0 Å². The van der Waals surface area contributed by atoms with E-state index in [1.54, 1.807) is 0 Å². The summed E-state index contributed by atoms with van der Waals surface area (Å²) in [5.41, 5.74) is 3.11. The number of benzene rings is 2. The Morgan fingerprint density at radius 1 is 1.04 bits per heavy atom. The first kappa shape index (κ1) is 20.2. The van der Waals surface area contributed by atoms with Crippen molar-refractivity contribution in [3.8, 4) is 11.5 Å². The van der Waals surface area contributed by atoms with Crippen LogP contribution in [0.25, 0.3) is 0 Å². The van der Waals surface area contributed by atoms with Crippen LogP contribution >= 0.6 is 0 Å². The summed E-state index contributed by atoms with van der Waals surface area (Å²) in [5.74, 6) is -1.94. The molecule has 0 saturated carbocycles. The van der Waals surface area contributed by atoms with Gasteiger partial charge < -0.3 is 20.1 Å². The molecule has 8 heteroatoms. The fourth-order valence-electron chi connectivity index (χ4n) is 2.43. The molecule has 0 atom stereocenters. The molecular weight excluding hydrogens is 358 g/mol. The smallest absolute Gasteiger partial charge is 0.387 e. The van der Waals surface area contributed by atoms with Crippen LogP contribution < -0.4 is 20.1 Å². The Morgan fingerprint density at radius 2 is 1.78 bits per heavy atom. The van der Waals surface area contributed by atoms with Crippen molar-refractivity contribution >= 4 is 17.5 Å². The number of carbonyl (C=O) groups excluding carboxylic acids is 2. The van der Waals surface area contributed by atoms with Gasteiger partial charge in [0.25, 0.3) is 0 Å². The minimum absolute atomic E-state index is 0.0765. The van der Waals surface area contributed by atoms with Gasteiger partial charge in [0.05, 0.1) is 7.11 Å². The maximum Gasteiger partial charge on any atom is 0.387 e. The minimum Gasteiger partial charge on any atom is -0.493 e. The van der Waals surface area contributed by atoms with Crippen molar-refractivity contribution < 1.29 is 27.8 Å². The number of rotatable bonds is 6. The van der Waals surface area contributed by atoms with Gasteiger partial charge in [0, 0.05) is 18.3 Å². The number of halogens is 2. The van der Waals surface area contributed by atoms with Gasteiger partial charge in [-0.05, 0) is 37.1 Å². The average molecular weight is 378 g/mol. The highest BCUT2D eigenvalue weighted by molar-refractivity contribution is 6.39. The number of hydrogen-bond acceptors (Lipinski definition) is 4. The number of carbonyl (C=O) groups is 2. The molecule has 0 fully saturated rings. The molecule has 0 radical (unpaired) electrons. The molecule has 0 saturated heterocycles. The Bertz CT molecular complexity index is 840. The second-order valence-corrected chi connectivity index (χ2v) is 5.81.